The van der Waals surface area contributed by atoms with E-state index in [4.69, 9.17) is 5.11 Å². The van der Waals surface area contributed by atoms with Gasteiger partial charge in [0.1, 0.15) is 6.04 Å². The summed E-state index contributed by atoms with van der Waals surface area (Å²) in [6, 6.07) is 9.02. The van der Waals surface area contributed by atoms with E-state index in [1.165, 1.54) is 13.0 Å². The number of rotatable bonds is 2. The van der Waals surface area contributed by atoms with Gasteiger partial charge in [0, 0.05) is 5.39 Å². The standard InChI is InChI=1S/C13H11NO4S/c1-8(13(15)16)14-10-6-2-4-9-5-3-7-11(12(9)10)19(14,17)18/h2-8H,1H3,(H,15,16)/t8-/m1/s1. The number of hydrogen-bond acceptors (Lipinski definition) is 3. The van der Waals surface area contributed by atoms with Crippen LogP contribution in [0.3, 0.4) is 0 Å². The van der Waals surface area contributed by atoms with E-state index in [1.54, 1.807) is 18.2 Å². The maximum Gasteiger partial charge on any atom is 0.327 e. The van der Waals surface area contributed by atoms with Gasteiger partial charge in [-0.2, -0.15) is 0 Å². The Morgan fingerprint density at radius 2 is 1.84 bits per heavy atom. The van der Waals surface area contributed by atoms with Gasteiger partial charge < -0.3 is 5.11 Å². The topological polar surface area (TPSA) is 74.7 Å². The third-order valence-corrected chi connectivity index (χ3v) is 5.25. The van der Waals surface area contributed by atoms with E-state index in [1.807, 2.05) is 12.1 Å². The van der Waals surface area contributed by atoms with Crippen molar-refractivity contribution in [2.75, 3.05) is 4.31 Å². The molecule has 2 aromatic carbocycles. The van der Waals surface area contributed by atoms with Gasteiger partial charge in [-0.1, -0.05) is 24.3 Å². The van der Waals surface area contributed by atoms with Gasteiger partial charge in [0.2, 0.25) is 0 Å². The van der Waals surface area contributed by atoms with Crippen molar-refractivity contribution >= 4 is 32.5 Å². The number of carboxylic acids is 1. The molecule has 1 atom stereocenters. The fourth-order valence-electron chi connectivity index (χ4n) is 2.44. The molecule has 1 aliphatic rings. The minimum Gasteiger partial charge on any atom is -0.480 e. The smallest absolute Gasteiger partial charge is 0.327 e. The molecule has 1 heterocycles. The maximum absolute atomic E-state index is 12.5. The number of anilines is 1. The van der Waals surface area contributed by atoms with E-state index in [9.17, 15) is 13.2 Å². The molecule has 1 aliphatic heterocycles. The van der Waals surface area contributed by atoms with Crippen LogP contribution in [0, 0.1) is 0 Å². The Morgan fingerprint density at radius 3 is 2.47 bits per heavy atom. The SMILES string of the molecule is C[C@H](C(=O)O)N1c2cccc3cccc(c23)S1(=O)=O. The largest absolute Gasteiger partial charge is 0.480 e. The molecule has 0 spiro atoms. The van der Waals surface area contributed by atoms with Crippen LogP contribution in [0.4, 0.5) is 5.69 Å². The zero-order chi connectivity index (χ0) is 13.8. The van der Waals surface area contributed by atoms with Gasteiger partial charge in [-0.05, 0) is 24.4 Å². The van der Waals surface area contributed by atoms with Crippen LogP contribution in [0.1, 0.15) is 6.92 Å². The first-order valence-corrected chi connectivity index (χ1v) is 7.17. The summed E-state index contributed by atoms with van der Waals surface area (Å²) in [7, 11) is -3.79. The predicted octanol–water partition coefficient (Wildman–Crippen LogP) is 1.82. The van der Waals surface area contributed by atoms with Crippen molar-refractivity contribution in [3.63, 3.8) is 0 Å². The van der Waals surface area contributed by atoms with Crippen LogP contribution < -0.4 is 4.31 Å². The summed E-state index contributed by atoms with van der Waals surface area (Å²) in [5.74, 6) is -1.17. The summed E-state index contributed by atoms with van der Waals surface area (Å²) < 4.78 is 25.9. The van der Waals surface area contributed by atoms with Crippen LogP contribution in [-0.2, 0) is 14.8 Å². The fraction of sp³-hybridized carbons (Fsp3) is 0.154. The van der Waals surface area contributed by atoms with Gasteiger partial charge >= 0.3 is 5.97 Å². The van der Waals surface area contributed by atoms with Crippen molar-refractivity contribution < 1.29 is 18.3 Å². The third kappa shape index (κ3) is 1.46. The molecule has 5 nitrogen and oxygen atoms in total. The average Bonchev–Trinajstić information content (AvgIpc) is 2.59. The van der Waals surface area contributed by atoms with Crippen LogP contribution in [0.25, 0.3) is 10.8 Å². The second kappa shape index (κ2) is 3.71. The lowest BCUT2D eigenvalue weighted by Gasteiger charge is -2.22. The van der Waals surface area contributed by atoms with Crippen LogP contribution in [0.15, 0.2) is 41.3 Å². The van der Waals surface area contributed by atoms with Crippen LogP contribution in [0.5, 0.6) is 0 Å². The van der Waals surface area contributed by atoms with Crippen molar-refractivity contribution in [2.45, 2.75) is 17.9 Å². The summed E-state index contributed by atoms with van der Waals surface area (Å²) in [5.41, 5.74) is 0.433. The van der Waals surface area contributed by atoms with Crippen molar-refractivity contribution in [3.8, 4) is 0 Å². The van der Waals surface area contributed by atoms with Crippen molar-refractivity contribution in [3.05, 3.63) is 36.4 Å². The molecule has 3 rings (SSSR count). The summed E-state index contributed by atoms with van der Waals surface area (Å²) in [6.07, 6.45) is 0. The van der Waals surface area contributed by atoms with Crippen LogP contribution in [0.2, 0.25) is 0 Å². The first kappa shape index (κ1) is 12.0. The van der Waals surface area contributed by atoms with E-state index >= 15 is 0 Å². The van der Waals surface area contributed by atoms with Gasteiger partial charge in [0.15, 0.2) is 0 Å². The summed E-state index contributed by atoms with van der Waals surface area (Å²) >= 11 is 0. The molecule has 0 aromatic heterocycles. The highest BCUT2D eigenvalue weighted by Crippen LogP contribution is 2.42. The highest BCUT2D eigenvalue weighted by atomic mass is 32.2. The molecular formula is C13H11NO4S. The molecule has 2 aromatic rings. The normalized spacial score (nSPS) is 17.6. The number of sulfonamides is 1. The molecule has 0 radical (unpaired) electrons. The highest BCUT2D eigenvalue weighted by Gasteiger charge is 2.40. The third-order valence-electron chi connectivity index (χ3n) is 3.33. The Hall–Kier alpha value is -2.08. The molecule has 0 unspecified atom stereocenters. The lowest BCUT2D eigenvalue weighted by Crippen LogP contribution is -2.41. The Labute approximate surface area is 110 Å². The monoisotopic (exact) mass is 277 g/mol. The number of nitrogens with zero attached hydrogens (tertiary/aromatic N) is 1. The van der Waals surface area contributed by atoms with E-state index in [0.717, 1.165) is 9.69 Å². The van der Waals surface area contributed by atoms with Crippen molar-refractivity contribution in [1.82, 2.24) is 0 Å². The molecule has 0 amide bonds. The Morgan fingerprint density at radius 1 is 1.21 bits per heavy atom. The summed E-state index contributed by atoms with van der Waals surface area (Å²) in [6.45, 7) is 1.37. The number of carbonyl (C=O) groups is 1. The van der Waals surface area contributed by atoms with Gasteiger partial charge in [-0.15, -0.1) is 0 Å². The minimum absolute atomic E-state index is 0.175. The molecule has 0 bridgehead atoms. The van der Waals surface area contributed by atoms with Crippen molar-refractivity contribution in [2.24, 2.45) is 0 Å². The van der Waals surface area contributed by atoms with Gasteiger partial charge in [0.05, 0.1) is 10.6 Å². The van der Waals surface area contributed by atoms with Gasteiger partial charge in [0.25, 0.3) is 10.0 Å². The second-order valence-electron chi connectivity index (χ2n) is 4.45. The molecule has 1 N–H and O–H groups in total. The Bertz CT molecular complexity index is 792. The fourth-order valence-corrected chi connectivity index (χ4v) is 4.30. The average molecular weight is 277 g/mol. The van der Waals surface area contributed by atoms with Crippen LogP contribution >= 0.6 is 0 Å². The first-order chi connectivity index (χ1) is 8.94. The lowest BCUT2D eigenvalue weighted by molar-refractivity contribution is -0.137. The predicted molar refractivity (Wildman–Crippen MR) is 70.7 cm³/mol. The molecular weight excluding hydrogens is 266 g/mol. The van der Waals surface area contributed by atoms with E-state index in [-0.39, 0.29) is 4.90 Å². The van der Waals surface area contributed by atoms with Gasteiger partial charge in [-0.3, -0.25) is 4.31 Å². The molecule has 0 aliphatic carbocycles. The molecule has 6 heteroatoms. The highest BCUT2D eigenvalue weighted by molar-refractivity contribution is 7.93. The Kier molecular flexibility index (Phi) is 2.34. The molecule has 0 saturated carbocycles. The number of hydrogen-bond donors (Lipinski definition) is 1. The van der Waals surface area contributed by atoms with Crippen LogP contribution in [-0.4, -0.2) is 25.5 Å². The summed E-state index contributed by atoms with van der Waals surface area (Å²) in [4.78, 5) is 11.3. The zero-order valence-corrected chi connectivity index (χ0v) is 10.9. The van der Waals surface area contributed by atoms with E-state index in [0.29, 0.717) is 11.1 Å². The first-order valence-electron chi connectivity index (χ1n) is 5.73. The molecule has 19 heavy (non-hydrogen) atoms. The minimum atomic E-state index is -3.79. The number of aliphatic carboxylic acids is 1. The second-order valence-corrected chi connectivity index (χ2v) is 6.23. The number of carboxylic acid groups (broad SMARTS) is 1. The maximum atomic E-state index is 12.5. The molecule has 98 valence electrons. The quantitative estimate of drug-likeness (QED) is 0.908. The zero-order valence-electron chi connectivity index (χ0n) is 10.1. The number of benzene rings is 2. The molecule has 0 saturated heterocycles. The van der Waals surface area contributed by atoms with E-state index < -0.39 is 22.0 Å². The summed E-state index contributed by atoms with van der Waals surface area (Å²) in [5, 5.41) is 10.5. The lowest BCUT2D eigenvalue weighted by atomic mass is 10.1. The van der Waals surface area contributed by atoms with Gasteiger partial charge in [-0.25, -0.2) is 13.2 Å². The molecule has 0 fully saturated rings. The Balaban J connectivity index is 2.39. The van der Waals surface area contributed by atoms with E-state index in [2.05, 4.69) is 0 Å². The van der Waals surface area contributed by atoms with Crippen molar-refractivity contribution in [1.29, 1.82) is 0 Å².